The Morgan fingerprint density at radius 2 is 1.56 bits per heavy atom. The van der Waals surface area contributed by atoms with Crippen molar-refractivity contribution in [1.82, 2.24) is 9.71 Å². The summed E-state index contributed by atoms with van der Waals surface area (Å²) < 4.78 is 30.8. The molecule has 0 aliphatic heterocycles. The van der Waals surface area contributed by atoms with Crippen LogP contribution in [0.25, 0.3) is 0 Å². The predicted molar refractivity (Wildman–Crippen MR) is 67.0 cm³/mol. The standard InChI is InChI=1S/C12H12N2O3S/c1-13-18(15,16)12-4-2-10(3-5-12)17-11-6-8-14-9-7-11/h2-9,13H,1H3. The molecule has 2 aromatic rings. The molecule has 0 atom stereocenters. The summed E-state index contributed by atoms with van der Waals surface area (Å²) in [5, 5.41) is 0. The largest absolute Gasteiger partial charge is 0.457 e. The number of aromatic nitrogens is 1. The summed E-state index contributed by atoms with van der Waals surface area (Å²) in [7, 11) is -2.03. The van der Waals surface area contributed by atoms with Gasteiger partial charge in [-0.25, -0.2) is 13.1 Å². The second kappa shape index (κ2) is 5.16. The Kier molecular flexibility index (Phi) is 3.59. The molecule has 0 fully saturated rings. The second-order valence-electron chi connectivity index (χ2n) is 3.46. The van der Waals surface area contributed by atoms with E-state index in [2.05, 4.69) is 9.71 Å². The minimum atomic E-state index is -3.40. The van der Waals surface area contributed by atoms with E-state index in [4.69, 9.17) is 4.74 Å². The maximum absolute atomic E-state index is 11.5. The Hall–Kier alpha value is -1.92. The SMILES string of the molecule is CNS(=O)(=O)c1ccc(Oc2ccncc2)cc1. The summed E-state index contributed by atoms with van der Waals surface area (Å²) in [6.45, 7) is 0. The van der Waals surface area contributed by atoms with Crippen LogP contribution >= 0.6 is 0 Å². The van der Waals surface area contributed by atoms with E-state index in [-0.39, 0.29) is 4.90 Å². The van der Waals surface area contributed by atoms with E-state index in [1.807, 2.05) is 0 Å². The van der Waals surface area contributed by atoms with Gasteiger partial charge in [-0.1, -0.05) is 0 Å². The van der Waals surface area contributed by atoms with Gasteiger partial charge in [0.05, 0.1) is 4.90 Å². The molecule has 18 heavy (non-hydrogen) atoms. The first-order valence-electron chi connectivity index (χ1n) is 5.23. The van der Waals surface area contributed by atoms with E-state index in [1.54, 1.807) is 36.7 Å². The lowest BCUT2D eigenvalue weighted by atomic mass is 10.3. The zero-order valence-corrected chi connectivity index (χ0v) is 10.5. The molecule has 0 bridgehead atoms. The highest BCUT2D eigenvalue weighted by Crippen LogP contribution is 2.21. The zero-order chi connectivity index (χ0) is 13.0. The van der Waals surface area contributed by atoms with Crippen molar-refractivity contribution in [3.05, 3.63) is 48.8 Å². The molecule has 1 heterocycles. The summed E-state index contributed by atoms with van der Waals surface area (Å²) in [5.74, 6) is 1.21. The summed E-state index contributed by atoms with van der Waals surface area (Å²) in [5.41, 5.74) is 0. The van der Waals surface area contributed by atoms with Crippen molar-refractivity contribution in [1.29, 1.82) is 0 Å². The number of nitrogens with zero attached hydrogens (tertiary/aromatic N) is 1. The number of benzene rings is 1. The van der Waals surface area contributed by atoms with Crippen LogP contribution in [0.4, 0.5) is 0 Å². The number of nitrogens with one attached hydrogen (secondary N) is 1. The van der Waals surface area contributed by atoms with Crippen LogP contribution in [-0.2, 0) is 10.0 Å². The number of hydrogen-bond donors (Lipinski definition) is 1. The number of sulfonamides is 1. The fourth-order valence-corrected chi connectivity index (χ4v) is 2.08. The molecule has 2 rings (SSSR count). The highest BCUT2D eigenvalue weighted by atomic mass is 32.2. The Labute approximate surface area is 105 Å². The smallest absolute Gasteiger partial charge is 0.240 e. The molecular formula is C12H12N2O3S. The van der Waals surface area contributed by atoms with Crippen molar-refractivity contribution in [2.75, 3.05) is 7.05 Å². The van der Waals surface area contributed by atoms with Crippen molar-refractivity contribution in [2.45, 2.75) is 4.90 Å². The molecule has 94 valence electrons. The van der Waals surface area contributed by atoms with E-state index < -0.39 is 10.0 Å². The quantitative estimate of drug-likeness (QED) is 0.914. The average molecular weight is 264 g/mol. The fourth-order valence-electron chi connectivity index (χ4n) is 1.35. The van der Waals surface area contributed by atoms with E-state index in [0.717, 1.165) is 0 Å². The van der Waals surface area contributed by atoms with Gasteiger partial charge in [0.2, 0.25) is 10.0 Å². The van der Waals surface area contributed by atoms with Crippen LogP contribution in [-0.4, -0.2) is 20.4 Å². The first kappa shape index (κ1) is 12.5. The highest BCUT2D eigenvalue weighted by molar-refractivity contribution is 7.89. The maximum atomic E-state index is 11.5. The lowest BCUT2D eigenvalue weighted by molar-refractivity contribution is 0.481. The Morgan fingerprint density at radius 3 is 2.11 bits per heavy atom. The van der Waals surface area contributed by atoms with Gasteiger partial charge in [0, 0.05) is 12.4 Å². The highest BCUT2D eigenvalue weighted by Gasteiger charge is 2.10. The monoisotopic (exact) mass is 264 g/mol. The number of pyridine rings is 1. The van der Waals surface area contributed by atoms with Crippen molar-refractivity contribution in [3.63, 3.8) is 0 Å². The molecular weight excluding hydrogens is 252 g/mol. The molecule has 6 heteroatoms. The van der Waals surface area contributed by atoms with E-state index in [1.165, 1.54) is 19.2 Å². The molecule has 0 aliphatic carbocycles. The zero-order valence-electron chi connectivity index (χ0n) is 9.70. The fraction of sp³-hybridized carbons (Fsp3) is 0.0833. The normalized spacial score (nSPS) is 11.2. The summed E-state index contributed by atoms with van der Waals surface area (Å²) in [6.07, 6.45) is 3.24. The molecule has 0 amide bonds. The molecule has 5 nitrogen and oxygen atoms in total. The Morgan fingerprint density at radius 1 is 1.00 bits per heavy atom. The first-order chi connectivity index (χ1) is 8.62. The van der Waals surface area contributed by atoms with Gasteiger partial charge in [0.15, 0.2) is 0 Å². The van der Waals surface area contributed by atoms with Crippen molar-refractivity contribution < 1.29 is 13.2 Å². The van der Waals surface area contributed by atoms with Crippen LogP contribution in [0.2, 0.25) is 0 Å². The van der Waals surface area contributed by atoms with Gasteiger partial charge in [0.1, 0.15) is 11.5 Å². The molecule has 0 unspecified atom stereocenters. The van der Waals surface area contributed by atoms with E-state index >= 15 is 0 Å². The van der Waals surface area contributed by atoms with Gasteiger partial charge in [0.25, 0.3) is 0 Å². The minimum absolute atomic E-state index is 0.201. The lowest BCUT2D eigenvalue weighted by Crippen LogP contribution is -2.18. The number of hydrogen-bond acceptors (Lipinski definition) is 4. The molecule has 0 saturated heterocycles. The van der Waals surface area contributed by atoms with E-state index in [0.29, 0.717) is 11.5 Å². The molecule has 0 saturated carbocycles. The van der Waals surface area contributed by atoms with Crippen LogP contribution < -0.4 is 9.46 Å². The van der Waals surface area contributed by atoms with Crippen LogP contribution in [0.15, 0.2) is 53.7 Å². The third-order valence-electron chi connectivity index (χ3n) is 2.29. The maximum Gasteiger partial charge on any atom is 0.240 e. The van der Waals surface area contributed by atoms with Crippen LogP contribution in [0.1, 0.15) is 0 Å². The van der Waals surface area contributed by atoms with Crippen molar-refractivity contribution in [3.8, 4) is 11.5 Å². The van der Waals surface area contributed by atoms with Gasteiger partial charge >= 0.3 is 0 Å². The summed E-state index contributed by atoms with van der Waals surface area (Å²) >= 11 is 0. The van der Waals surface area contributed by atoms with Crippen LogP contribution in [0, 0.1) is 0 Å². The lowest BCUT2D eigenvalue weighted by Gasteiger charge is -2.06. The van der Waals surface area contributed by atoms with Gasteiger partial charge in [-0.2, -0.15) is 0 Å². The van der Waals surface area contributed by atoms with Gasteiger partial charge < -0.3 is 4.74 Å². The molecule has 0 spiro atoms. The van der Waals surface area contributed by atoms with Crippen molar-refractivity contribution >= 4 is 10.0 Å². The third kappa shape index (κ3) is 2.85. The molecule has 0 aliphatic rings. The second-order valence-corrected chi connectivity index (χ2v) is 5.35. The van der Waals surface area contributed by atoms with Gasteiger partial charge in [-0.3, -0.25) is 4.98 Å². The molecule has 1 aromatic heterocycles. The number of ether oxygens (including phenoxy) is 1. The summed E-state index contributed by atoms with van der Waals surface area (Å²) in [6, 6.07) is 9.62. The number of rotatable bonds is 4. The minimum Gasteiger partial charge on any atom is -0.457 e. The Balaban J connectivity index is 2.19. The first-order valence-corrected chi connectivity index (χ1v) is 6.71. The third-order valence-corrected chi connectivity index (χ3v) is 3.72. The topological polar surface area (TPSA) is 68.3 Å². The van der Waals surface area contributed by atoms with Crippen LogP contribution in [0.3, 0.4) is 0 Å². The van der Waals surface area contributed by atoms with E-state index in [9.17, 15) is 8.42 Å². The van der Waals surface area contributed by atoms with Crippen molar-refractivity contribution in [2.24, 2.45) is 0 Å². The average Bonchev–Trinajstić information content (AvgIpc) is 2.40. The van der Waals surface area contributed by atoms with Crippen LogP contribution in [0.5, 0.6) is 11.5 Å². The van der Waals surface area contributed by atoms with Gasteiger partial charge in [-0.05, 0) is 43.4 Å². The molecule has 1 aromatic carbocycles. The predicted octanol–water partition coefficient (Wildman–Crippen LogP) is 1.78. The molecule has 0 radical (unpaired) electrons. The molecule has 1 N–H and O–H groups in total. The van der Waals surface area contributed by atoms with Gasteiger partial charge in [-0.15, -0.1) is 0 Å². The Bertz CT molecular complexity index is 610. The summed E-state index contributed by atoms with van der Waals surface area (Å²) in [4.78, 5) is 4.08.